The Labute approximate surface area is 266 Å². The van der Waals surface area contributed by atoms with Crippen LogP contribution in [-0.4, -0.2) is 97.1 Å². The summed E-state index contributed by atoms with van der Waals surface area (Å²) in [4.78, 5) is 36.2. The lowest BCUT2D eigenvalue weighted by atomic mass is 9.99. The predicted octanol–water partition coefficient (Wildman–Crippen LogP) is 4.06. The standard InChI is InChI=1S/C33H41F4N7O2/c1-21-18-44(19-22(2)41(21)3)30-7-5-24(15-29(30)40-32(46)26-17-39-31(45)16-27(26)33(35,36)37)25-14-23(4-6-28(25)34)20-43-12-10-42(9-8-38)11-13-43/h4-7,14-17,21-22H,8-13,18-20,38H2,1-3H3,(H,39,45)(H,40,46)/t21-,22+. The number of benzene rings is 2. The first-order valence-electron chi connectivity index (χ1n) is 15.5. The zero-order valence-electron chi connectivity index (χ0n) is 26.3. The van der Waals surface area contributed by atoms with Gasteiger partial charge in [0.2, 0.25) is 5.56 Å². The third-order valence-corrected chi connectivity index (χ3v) is 9.08. The van der Waals surface area contributed by atoms with Gasteiger partial charge in [-0.15, -0.1) is 0 Å². The summed E-state index contributed by atoms with van der Waals surface area (Å²) in [5, 5.41) is 2.66. The Hall–Kier alpha value is -3.78. The largest absolute Gasteiger partial charge is 0.417 e. The van der Waals surface area contributed by atoms with Crippen molar-refractivity contribution in [1.29, 1.82) is 0 Å². The van der Waals surface area contributed by atoms with Crippen molar-refractivity contribution >= 4 is 17.3 Å². The van der Waals surface area contributed by atoms with E-state index in [-0.39, 0.29) is 17.8 Å². The van der Waals surface area contributed by atoms with Gasteiger partial charge in [-0.3, -0.25) is 24.3 Å². The van der Waals surface area contributed by atoms with Crippen LogP contribution < -0.4 is 21.5 Å². The van der Waals surface area contributed by atoms with Gasteiger partial charge in [-0.05, 0) is 56.3 Å². The number of halogens is 4. The minimum absolute atomic E-state index is 0.161. The quantitative estimate of drug-likeness (QED) is 0.319. The van der Waals surface area contributed by atoms with Gasteiger partial charge in [0.05, 0.1) is 22.5 Å². The molecule has 1 amide bonds. The van der Waals surface area contributed by atoms with Crippen molar-refractivity contribution in [3.8, 4) is 11.1 Å². The third-order valence-electron chi connectivity index (χ3n) is 9.08. The second kappa shape index (κ2) is 13.9. The van der Waals surface area contributed by atoms with E-state index in [0.717, 1.165) is 44.5 Å². The summed E-state index contributed by atoms with van der Waals surface area (Å²) in [5.74, 6) is -1.50. The Morgan fingerprint density at radius 3 is 2.33 bits per heavy atom. The number of aromatic amines is 1. The number of nitrogens with zero attached hydrogens (tertiary/aromatic N) is 4. The molecule has 2 aliphatic heterocycles. The highest BCUT2D eigenvalue weighted by Gasteiger charge is 2.36. The molecule has 3 heterocycles. The predicted molar refractivity (Wildman–Crippen MR) is 172 cm³/mol. The highest BCUT2D eigenvalue weighted by Crippen LogP contribution is 2.36. The fourth-order valence-electron chi connectivity index (χ4n) is 6.27. The van der Waals surface area contributed by atoms with E-state index in [0.29, 0.717) is 49.1 Å². The number of likely N-dealkylation sites (N-methyl/N-ethyl adjacent to an activating group) is 1. The summed E-state index contributed by atoms with van der Waals surface area (Å²) in [6.07, 6.45) is -4.16. The second-order valence-electron chi connectivity index (χ2n) is 12.3. The van der Waals surface area contributed by atoms with Crippen LogP contribution in [0, 0.1) is 5.82 Å². The van der Waals surface area contributed by atoms with Gasteiger partial charge in [-0.2, -0.15) is 13.2 Å². The van der Waals surface area contributed by atoms with Crippen LogP contribution in [0.2, 0.25) is 0 Å². The summed E-state index contributed by atoms with van der Waals surface area (Å²) in [6, 6.07) is 10.8. The maximum Gasteiger partial charge on any atom is 0.417 e. The number of rotatable bonds is 8. The van der Waals surface area contributed by atoms with Crippen molar-refractivity contribution in [2.24, 2.45) is 5.73 Å². The van der Waals surface area contributed by atoms with Crippen molar-refractivity contribution < 1.29 is 22.4 Å². The Kier molecular flexibility index (Phi) is 10.2. The van der Waals surface area contributed by atoms with Crippen molar-refractivity contribution in [3.05, 3.63) is 81.5 Å². The minimum Gasteiger partial charge on any atom is -0.367 e. The molecule has 46 heavy (non-hydrogen) atoms. The topological polar surface area (TPSA) is 101 Å². The molecule has 2 aromatic carbocycles. The Balaban J connectivity index is 1.49. The highest BCUT2D eigenvalue weighted by atomic mass is 19.4. The number of hydrogen-bond donors (Lipinski definition) is 3. The van der Waals surface area contributed by atoms with Gasteiger partial charge in [0.25, 0.3) is 5.91 Å². The lowest BCUT2D eigenvalue weighted by Gasteiger charge is -2.44. The molecule has 0 aliphatic carbocycles. The Morgan fingerprint density at radius 1 is 1.00 bits per heavy atom. The van der Waals surface area contributed by atoms with Gasteiger partial charge < -0.3 is 20.9 Å². The van der Waals surface area contributed by atoms with E-state index < -0.39 is 34.6 Å². The van der Waals surface area contributed by atoms with Gasteiger partial charge in [0.15, 0.2) is 0 Å². The molecule has 9 nitrogen and oxygen atoms in total. The third kappa shape index (κ3) is 7.60. The molecule has 5 rings (SSSR count). The number of alkyl halides is 3. The van der Waals surface area contributed by atoms with Crippen molar-refractivity contribution in [2.75, 3.05) is 69.6 Å². The number of anilines is 2. The summed E-state index contributed by atoms with van der Waals surface area (Å²) in [5.41, 5.74) is 5.22. The van der Waals surface area contributed by atoms with Crippen LogP contribution in [-0.2, 0) is 12.7 Å². The van der Waals surface area contributed by atoms with Gasteiger partial charge in [-0.25, -0.2) is 4.39 Å². The van der Waals surface area contributed by atoms with Crippen LogP contribution in [0.3, 0.4) is 0 Å². The molecule has 4 N–H and O–H groups in total. The van der Waals surface area contributed by atoms with E-state index in [2.05, 4.69) is 43.7 Å². The van der Waals surface area contributed by atoms with E-state index in [9.17, 15) is 22.8 Å². The SMILES string of the molecule is C[C@@H]1CN(c2ccc(-c3cc(CN4CCN(CCN)CC4)ccc3F)cc2NC(=O)c2c[nH]c(=O)cc2C(F)(F)F)C[C@H](C)N1C. The van der Waals surface area contributed by atoms with E-state index in [1.54, 1.807) is 30.3 Å². The monoisotopic (exact) mass is 643 g/mol. The number of pyridine rings is 1. The highest BCUT2D eigenvalue weighted by molar-refractivity contribution is 6.07. The summed E-state index contributed by atoms with van der Waals surface area (Å²) < 4.78 is 56.8. The first-order chi connectivity index (χ1) is 21.8. The number of H-pyrrole nitrogens is 1. The van der Waals surface area contributed by atoms with Crippen LogP contribution in [0.5, 0.6) is 0 Å². The zero-order valence-corrected chi connectivity index (χ0v) is 26.3. The minimum atomic E-state index is -4.92. The van der Waals surface area contributed by atoms with Crippen LogP contribution in [0.4, 0.5) is 28.9 Å². The number of hydrogen-bond acceptors (Lipinski definition) is 7. The molecule has 0 bridgehead atoms. The van der Waals surface area contributed by atoms with E-state index in [1.807, 2.05) is 7.05 Å². The van der Waals surface area contributed by atoms with Crippen LogP contribution in [0.25, 0.3) is 11.1 Å². The molecule has 3 aromatic rings. The number of nitrogens with one attached hydrogen (secondary N) is 2. The second-order valence-corrected chi connectivity index (χ2v) is 12.3. The zero-order chi connectivity index (χ0) is 33.2. The fourth-order valence-corrected chi connectivity index (χ4v) is 6.27. The lowest BCUT2D eigenvalue weighted by molar-refractivity contribution is -0.138. The fraction of sp³-hybridized carbons (Fsp3) is 0.455. The maximum absolute atomic E-state index is 15.4. The van der Waals surface area contributed by atoms with E-state index in [1.165, 1.54) is 6.07 Å². The molecule has 0 unspecified atom stereocenters. The molecular formula is C33H41F4N7O2. The number of amides is 1. The molecule has 1 aromatic heterocycles. The first kappa shape index (κ1) is 33.6. The molecule has 2 atom stereocenters. The normalized spacial score (nSPS) is 20.2. The van der Waals surface area contributed by atoms with Gasteiger partial charge in [-0.1, -0.05) is 12.1 Å². The molecule has 0 spiro atoms. The molecule has 2 fully saturated rings. The smallest absolute Gasteiger partial charge is 0.367 e. The lowest BCUT2D eigenvalue weighted by Crippen LogP contribution is -2.55. The molecule has 2 aliphatic rings. The van der Waals surface area contributed by atoms with Gasteiger partial charge >= 0.3 is 6.18 Å². The Bertz CT molecular complexity index is 1590. The molecule has 0 saturated carbocycles. The summed E-state index contributed by atoms with van der Waals surface area (Å²) in [7, 11) is 2.03. The average Bonchev–Trinajstić information content (AvgIpc) is 3.01. The number of aromatic nitrogens is 1. The molecule has 248 valence electrons. The molecule has 13 heteroatoms. The number of carbonyl (C=O) groups is 1. The summed E-state index contributed by atoms with van der Waals surface area (Å²) >= 11 is 0. The van der Waals surface area contributed by atoms with E-state index in [4.69, 9.17) is 5.73 Å². The molecule has 0 radical (unpaired) electrons. The maximum atomic E-state index is 15.4. The Morgan fingerprint density at radius 2 is 1.67 bits per heavy atom. The number of piperazine rings is 2. The van der Waals surface area contributed by atoms with Crippen LogP contribution in [0.1, 0.15) is 35.3 Å². The number of nitrogens with two attached hydrogens (primary N) is 1. The first-order valence-corrected chi connectivity index (χ1v) is 15.5. The van der Waals surface area contributed by atoms with Crippen LogP contribution >= 0.6 is 0 Å². The van der Waals surface area contributed by atoms with Crippen molar-refractivity contribution in [2.45, 2.75) is 38.7 Å². The van der Waals surface area contributed by atoms with Crippen molar-refractivity contribution in [1.82, 2.24) is 19.7 Å². The van der Waals surface area contributed by atoms with E-state index >= 15 is 4.39 Å². The van der Waals surface area contributed by atoms with Gasteiger partial charge in [0, 0.05) is 88.8 Å². The average molecular weight is 644 g/mol. The van der Waals surface area contributed by atoms with Crippen LogP contribution in [0.15, 0.2) is 53.5 Å². The van der Waals surface area contributed by atoms with Crippen molar-refractivity contribution in [3.63, 3.8) is 0 Å². The number of carbonyl (C=O) groups excluding carboxylic acids is 1. The molecular weight excluding hydrogens is 602 g/mol. The molecule has 2 saturated heterocycles. The summed E-state index contributed by atoms with van der Waals surface area (Å²) in [6.45, 7) is 11.0. The van der Waals surface area contributed by atoms with Gasteiger partial charge in [0.1, 0.15) is 5.82 Å².